The van der Waals surface area contributed by atoms with Crippen molar-refractivity contribution in [3.05, 3.63) is 5.82 Å². The van der Waals surface area contributed by atoms with Crippen LogP contribution in [-0.4, -0.2) is 83.5 Å². The van der Waals surface area contributed by atoms with E-state index in [1.807, 2.05) is 7.05 Å². The van der Waals surface area contributed by atoms with Gasteiger partial charge in [-0.2, -0.15) is 4.37 Å². The average Bonchev–Trinajstić information content (AvgIpc) is 3.13. The zero-order valence-corrected chi connectivity index (χ0v) is 18.7. The maximum Gasteiger partial charge on any atom is 0.205 e. The largest absolute Gasteiger partial charge is 0.356 e. The van der Waals surface area contributed by atoms with E-state index in [-0.39, 0.29) is 0 Å². The molecule has 7 nitrogen and oxygen atoms in total. The molecule has 0 spiro atoms. The summed E-state index contributed by atoms with van der Waals surface area (Å²) in [4.78, 5) is 16.3. The van der Waals surface area contributed by atoms with Gasteiger partial charge in [0.2, 0.25) is 5.13 Å². The van der Waals surface area contributed by atoms with E-state index in [0.29, 0.717) is 12.1 Å². The van der Waals surface area contributed by atoms with Crippen molar-refractivity contribution in [2.45, 2.75) is 59.5 Å². The Bertz CT molecular complexity index is 568. The number of guanidine groups is 1. The van der Waals surface area contributed by atoms with Crippen molar-refractivity contribution in [2.75, 3.05) is 51.2 Å². The van der Waals surface area contributed by atoms with Gasteiger partial charge in [-0.15, -0.1) is 0 Å². The number of aryl methyl sites for hydroxylation is 1. The minimum atomic E-state index is 0.589. The van der Waals surface area contributed by atoms with Gasteiger partial charge in [0.05, 0.1) is 0 Å². The minimum absolute atomic E-state index is 0.589. The molecule has 1 aromatic rings. The quantitative estimate of drug-likeness (QED) is 0.414. The van der Waals surface area contributed by atoms with E-state index in [9.17, 15) is 0 Å². The molecule has 0 radical (unpaired) electrons. The first-order valence-electron chi connectivity index (χ1n) is 10.2. The Kier molecular flexibility index (Phi) is 8.76. The molecule has 1 N–H and O–H groups in total. The smallest absolute Gasteiger partial charge is 0.205 e. The molecule has 0 bridgehead atoms. The van der Waals surface area contributed by atoms with Crippen LogP contribution in [0.2, 0.25) is 0 Å². The third kappa shape index (κ3) is 6.31. The SMILES string of the molecule is CCc1nsc(N2CCN(C(=NC)NCCCN(C(C)C)C(C)C)CC2)n1. The van der Waals surface area contributed by atoms with E-state index in [2.05, 4.69) is 69.0 Å². The molecular weight excluding hydrogens is 358 g/mol. The lowest BCUT2D eigenvalue weighted by molar-refractivity contribution is 0.173. The van der Waals surface area contributed by atoms with Gasteiger partial charge < -0.3 is 15.1 Å². The van der Waals surface area contributed by atoms with Crippen LogP contribution in [0.1, 0.15) is 46.9 Å². The van der Waals surface area contributed by atoms with Crippen molar-refractivity contribution >= 4 is 22.6 Å². The summed E-state index contributed by atoms with van der Waals surface area (Å²) in [5.41, 5.74) is 0. The first-order valence-corrected chi connectivity index (χ1v) is 11.0. The van der Waals surface area contributed by atoms with Gasteiger partial charge in [0.15, 0.2) is 5.96 Å². The highest BCUT2D eigenvalue weighted by molar-refractivity contribution is 7.09. The maximum atomic E-state index is 4.61. The van der Waals surface area contributed by atoms with Gasteiger partial charge in [0.25, 0.3) is 0 Å². The summed E-state index contributed by atoms with van der Waals surface area (Å²) >= 11 is 1.52. The molecule has 27 heavy (non-hydrogen) atoms. The molecular formula is C19H37N7S. The van der Waals surface area contributed by atoms with Crippen molar-refractivity contribution in [1.82, 2.24) is 24.5 Å². The highest BCUT2D eigenvalue weighted by atomic mass is 32.1. The predicted molar refractivity (Wildman–Crippen MR) is 116 cm³/mol. The second kappa shape index (κ2) is 10.8. The number of aromatic nitrogens is 2. The second-order valence-electron chi connectivity index (χ2n) is 7.57. The van der Waals surface area contributed by atoms with Gasteiger partial charge in [-0.05, 0) is 34.1 Å². The van der Waals surface area contributed by atoms with Crippen LogP contribution in [0.5, 0.6) is 0 Å². The molecule has 0 atom stereocenters. The number of hydrogen-bond donors (Lipinski definition) is 1. The zero-order chi connectivity index (χ0) is 19.8. The lowest BCUT2D eigenvalue weighted by atomic mass is 10.2. The predicted octanol–water partition coefficient (Wildman–Crippen LogP) is 2.31. The Morgan fingerprint density at radius 3 is 2.37 bits per heavy atom. The van der Waals surface area contributed by atoms with Crippen LogP contribution in [0.25, 0.3) is 0 Å². The molecule has 1 aliphatic rings. The Hall–Kier alpha value is -1.41. The molecule has 1 aliphatic heterocycles. The molecule has 154 valence electrons. The normalized spacial score (nSPS) is 16.1. The molecule has 1 aromatic heterocycles. The molecule has 1 fully saturated rings. The van der Waals surface area contributed by atoms with Crippen molar-refractivity contribution in [2.24, 2.45) is 4.99 Å². The van der Waals surface area contributed by atoms with Crippen molar-refractivity contribution in [1.29, 1.82) is 0 Å². The highest BCUT2D eigenvalue weighted by Gasteiger charge is 2.22. The van der Waals surface area contributed by atoms with Gasteiger partial charge in [-0.1, -0.05) is 6.92 Å². The number of anilines is 1. The van der Waals surface area contributed by atoms with Crippen molar-refractivity contribution in [3.8, 4) is 0 Å². The Morgan fingerprint density at radius 1 is 1.19 bits per heavy atom. The van der Waals surface area contributed by atoms with Crippen molar-refractivity contribution < 1.29 is 0 Å². The molecule has 2 rings (SSSR count). The molecule has 2 heterocycles. The topological polar surface area (TPSA) is 59.9 Å². The molecule has 8 heteroatoms. The third-order valence-electron chi connectivity index (χ3n) is 5.04. The van der Waals surface area contributed by atoms with E-state index in [0.717, 1.165) is 69.0 Å². The number of piperazine rings is 1. The van der Waals surface area contributed by atoms with Crippen LogP contribution in [0, 0.1) is 0 Å². The third-order valence-corrected chi connectivity index (χ3v) is 5.85. The molecule has 0 amide bonds. The van der Waals surface area contributed by atoms with E-state index in [4.69, 9.17) is 0 Å². The van der Waals surface area contributed by atoms with Gasteiger partial charge in [0, 0.05) is 76.4 Å². The van der Waals surface area contributed by atoms with Gasteiger partial charge in [0.1, 0.15) is 5.82 Å². The summed E-state index contributed by atoms with van der Waals surface area (Å²) in [5.74, 6) is 1.97. The lowest BCUT2D eigenvalue weighted by Crippen LogP contribution is -2.52. The molecule has 0 unspecified atom stereocenters. The van der Waals surface area contributed by atoms with Crippen molar-refractivity contribution in [3.63, 3.8) is 0 Å². The van der Waals surface area contributed by atoms with Gasteiger partial charge >= 0.3 is 0 Å². The first-order chi connectivity index (χ1) is 13.0. The average molecular weight is 396 g/mol. The number of hydrogen-bond acceptors (Lipinski definition) is 6. The Balaban J connectivity index is 1.75. The number of aliphatic imine (C=N–C) groups is 1. The summed E-state index contributed by atoms with van der Waals surface area (Å²) < 4.78 is 4.40. The Morgan fingerprint density at radius 2 is 1.85 bits per heavy atom. The van der Waals surface area contributed by atoms with E-state index < -0.39 is 0 Å². The standard InChI is InChI=1S/C19H37N7S/c1-7-17-22-19(27-23-17)25-13-11-24(12-14-25)18(20-6)21-9-8-10-26(15(2)3)16(4)5/h15-16H,7-14H2,1-6H3,(H,20,21). The minimum Gasteiger partial charge on any atom is -0.356 e. The lowest BCUT2D eigenvalue weighted by Gasteiger charge is -2.36. The summed E-state index contributed by atoms with van der Waals surface area (Å²) in [7, 11) is 1.88. The summed E-state index contributed by atoms with van der Waals surface area (Å²) in [6, 6.07) is 1.18. The highest BCUT2D eigenvalue weighted by Crippen LogP contribution is 2.19. The van der Waals surface area contributed by atoms with Crippen LogP contribution in [0.3, 0.4) is 0 Å². The fourth-order valence-electron chi connectivity index (χ4n) is 3.53. The number of nitrogens with zero attached hydrogens (tertiary/aromatic N) is 6. The molecule has 0 aliphatic carbocycles. The monoisotopic (exact) mass is 395 g/mol. The first kappa shape index (κ1) is 21.9. The van der Waals surface area contributed by atoms with Crippen LogP contribution < -0.4 is 10.2 Å². The molecule has 1 saturated heterocycles. The fraction of sp³-hybridized carbons (Fsp3) is 0.842. The Labute approximate surface area is 169 Å². The molecule has 0 saturated carbocycles. The summed E-state index contributed by atoms with van der Waals surface area (Å²) in [5, 5.41) is 4.60. The summed E-state index contributed by atoms with van der Waals surface area (Å²) in [6.07, 6.45) is 2.03. The van der Waals surface area contributed by atoms with Gasteiger partial charge in [-0.25, -0.2) is 4.98 Å². The second-order valence-corrected chi connectivity index (χ2v) is 8.30. The molecule has 0 aromatic carbocycles. The van der Waals surface area contributed by atoms with Crippen LogP contribution in [0.15, 0.2) is 4.99 Å². The van der Waals surface area contributed by atoms with E-state index in [1.54, 1.807) is 0 Å². The van der Waals surface area contributed by atoms with Crippen LogP contribution in [-0.2, 0) is 6.42 Å². The van der Waals surface area contributed by atoms with Crippen LogP contribution in [0.4, 0.5) is 5.13 Å². The number of rotatable bonds is 8. The zero-order valence-electron chi connectivity index (χ0n) is 17.9. The van der Waals surface area contributed by atoms with E-state index >= 15 is 0 Å². The van der Waals surface area contributed by atoms with E-state index in [1.165, 1.54) is 11.5 Å². The maximum absolute atomic E-state index is 4.61. The van der Waals surface area contributed by atoms with Crippen LogP contribution >= 0.6 is 11.5 Å². The fourth-order valence-corrected chi connectivity index (χ4v) is 4.33. The summed E-state index contributed by atoms with van der Waals surface area (Å²) in [6.45, 7) is 17.1. The number of nitrogens with one attached hydrogen (secondary N) is 1. The van der Waals surface area contributed by atoms with Gasteiger partial charge in [-0.3, -0.25) is 9.89 Å².